The minimum atomic E-state index is -0.376. The highest BCUT2D eigenvalue weighted by atomic mass is 19.1. The first kappa shape index (κ1) is 10.5. The SMILES string of the molecule is CN(Cc1cc[nH]c1)c1ccc(N)c(F)c1. The number of hydrogen-bond donors (Lipinski definition) is 2. The number of hydrogen-bond acceptors (Lipinski definition) is 2. The molecule has 4 heteroatoms. The molecular weight excluding hydrogens is 205 g/mol. The van der Waals surface area contributed by atoms with Gasteiger partial charge < -0.3 is 15.6 Å². The van der Waals surface area contributed by atoms with Gasteiger partial charge in [-0.05, 0) is 29.8 Å². The molecule has 0 saturated heterocycles. The number of aromatic nitrogens is 1. The Bertz CT molecular complexity index is 465. The number of rotatable bonds is 3. The monoisotopic (exact) mass is 219 g/mol. The number of nitrogens with two attached hydrogens (primary N) is 1. The Balaban J connectivity index is 2.14. The number of nitrogens with one attached hydrogen (secondary N) is 1. The van der Waals surface area contributed by atoms with Crippen LogP contribution < -0.4 is 10.6 Å². The second kappa shape index (κ2) is 4.26. The van der Waals surface area contributed by atoms with Gasteiger partial charge in [0.15, 0.2) is 0 Å². The molecule has 16 heavy (non-hydrogen) atoms. The van der Waals surface area contributed by atoms with E-state index in [2.05, 4.69) is 4.98 Å². The maximum atomic E-state index is 13.3. The van der Waals surface area contributed by atoms with Gasteiger partial charge in [-0.2, -0.15) is 0 Å². The van der Waals surface area contributed by atoms with Crippen molar-refractivity contribution in [3.63, 3.8) is 0 Å². The van der Waals surface area contributed by atoms with Gasteiger partial charge in [0.1, 0.15) is 5.82 Å². The molecule has 2 rings (SSSR count). The van der Waals surface area contributed by atoms with Crippen molar-refractivity contribution >= 4 is 11.4 Å². The zero-order valence-corrected chi connectivity index (χ0v) is 9.07. The van der Waals surface area contributed by atoms with E-state index in [4.69, 9.17) is 5.73 Å². The van der Waals surface area contributed by atoms with Crippen molar-refractivity contribution in [1.29, 1.82) is 0 Å². The van der Waals surface area contributed by atoms with E-state index in [9.17, 15) is 4.39 Å². The number of aromatic amines is 1. The summed E-state index contributed by atoms with van der Waals surface area (Å²) in [6.07, 6.45) is 3.79. The molecule has 0 spiro atoms. The van der Waals surface area contributed by atoms with Crippen molar-refractivity contribution in [3.05, 3.63) is 48.0 Å². The normalized spacial score (nSPS) is 10.4. The van der Waals surface area contributed by atoms with E-state index in [1.54, 1.807) is 6.07 Å². The number of nitrogen functional groups attached to an aromatic ring is 1. The molecule has 0 aliphatic rings. The number of nitrogens with zero attached hydrogens (tertiary/aromatic N) is 1. The minimum absolute atomic E-state index is 0.179. The second-order valence-electron chi connectivity index (χ2n) is 3.78. The summed E-state index contributed by atoms with van der Waals surface area (Å²) in [4.78, 5) is 4.95. The van der Waals surface area contributed by atoms with E-state index in [1.807, 2.05) is 36.5 Å². The van der Waals surface area contributed by atoms with Crippen LogP contribution in [0.2, 0.25) is 0 Å². The molecule has 0 fully saturated rings. The first-order valence-electron chi connectivity index (χ1n) is 5.04. The Kier molecular flexibility index (Phi) is 2.81. The molecular formula is C12H14FN3. The molecule has 1 aromatic heterocycles. The standard InChI is InChI=1S/C12H14FN3/c1-16(8-9-4-5-15-7-9)10-2-3-12(14)11(13)6-10/h2-7,15H,8,14H2,1H3. The van der Waals surface area contributed by atoms with Crippen molar-refractivity contribution in [2.45, 2.75) is 6.54 Å². The van der Waals surface area contributed by atoms with Crippen LogP contribution in [-0.4, -0.2) is 12.0 Å². The quantitative estimate of drug-likeness (QED) is 0.778. The number of benzene rings is 1. The third-order valence-electron chi connectivity index (χ3n) is 2.51. The maximum absolute atomic E-state index is 13.3. The smallest absolute Gasteiger partial charge is 0.148 e. The maximum Gasteiger partial charge on any atom is 0.148 e. The summed E-state index contributed by atoms with van der Waals surface area (Å²) >= 11 is 0. The van der Waals surface area contributed by atoms with Crippen LogP contribution in [0.15, 0.2) is 36.7 Å². The molecule has 0 atom stereocenters. The molecule has 0 saturated carbocycles. The average molecular weight is 219 g/mol. The van der Waals surface area contributed by atoms with E-state index in [-0.39, 0.29) is 11.5 Å². The van der Waals surface area contributed by atoms with Crippen LogP contribution in [0.5, 0.6) is 0 Å². The first-order valence-corrected chi connectivity index (χ1v) is 5.04. The Morgan fingerprint density at radius 1 is 1.38 bits per heavy atom. The lowest BCUT2D eigenvalue weighted by atomic mass is 10.2. The summed E-state index contributed by atoms with van der Waals surface area (Å²) in [5, 5.41) is 0. The van der Waals surface area contributed by atoms with Crippen LogP contribution in [-0.2, 0) is 6.54 Å². The van der Waals surface area contributed by atoms with Crippen LogP contribution in [0.1, 0.15) is 5.56 Å². The van der Waals surface area contributed by atoms with Crippen LogP contribution in [0.25, 0.3) is 0 Å². The highest BCUT2D eigenvalue weighted by Crippen LogP contribution is 2.20. The Labute approximate surface area is 93.7 Å². The lowest BCUT2D eigenvalue weighted by Crippen LogP contribution is -2.16. The average Bonchev–Trinajstić information content (AvgIpc) is 2.74. The van der Waals surface area contributed by atoms with Gasteiger partial charge in [-0.3, -0.25) is 0 Å². The Morgan fingerprint density at radius 3 is 2.81 bits per heavy atom. The van der Waals surface area contributed by atoms with E-state index in [1.165, 1.54) is 6.07 Å². The van der Waals surface area contributed by atoms with E-state index < -0.39 is 0 Å². The molecule has 3 N–H and O–H groups in total. The summed E-state index contributed by atoms with van der Waals surface area (Å²) in [5.41, 5.74) is 7.57. The summed E-state index contributed by atoms with van der Waals surface area (Å²) in [6.45, 7) is 0.729. The predicted octanol–water partition coefficient (Wildman–Crippen LogP) is 2.37. The van der Waals surface area contributed by atoms with Gasteiger partial charge in [0.25, 0.3) is 0 Å². The Morgan fingerprint density at radius 2 is 2.19 bits per heavy atom. The molecule has 0 amide bonds. The lowest BCUT2D eigenvalue weighted by Gasteiger charge is -2.18. The molecule has 0 aliphatic heterocycles. The fourth-order valence-electron chi connectivity index (χ4n) is 1.58. The Hall–Kier alpha value is -1.97. The fourth-order valence-corrected chi connectivity index (χ4v) is 1.58. The van der Waals surface area contributed by atoms with Gasteiger partial charge in [0.05, 0.1) is 5.69 Å². The second-order valence-corrected chi connectivity index (χ2v) is 3.78. The molecule has 2 aromatic rings. The van der Waals surface area contributed by atoms with E-state index >= 15 is 0 Å². The molecule has 84 valence electrons. The number of H-pyrrole nitrogens is 1. The van der Waals surface area contributed by atoms with Crippen LogP contribution in [0.3, 0.4) is 0 Å². The number of anilines is 2. The summed E-state index contributed by atoms with van der Waals surface area (Å²) < 4.78 is 13.3. The first-order chi connectivity index (χ1) is 7.66. The third kappa shape index (κ3) is 2.16. The molecule has 1 aromatic carbocycles. The summed E-state index contributed by atoms with van der Waals surface area (Å²) in [7, 11) is 1.91. The van der Waals surface area contributed by atoms with Crippen molar-refractivity contribution < 1.29 is 4.39 Å². The van der Waals surface area contributed by atoms with Crippen LogP contribution in [0.4, 0.5) is 15.8 Å². The van der Waals surface area contributed by atoms with Crippen molar-refractivity contribution in [2.75, 3.05) is 17.7 Å². The van der Waals surface area contributed by atoms with Gasteiger partial charge in [0, 0.05) is 31.7 Å². The van der Waals surface area contributed by atoms with Crippen LogP contribution >= 0.6 is 0 Å². The summed E-state index contributed by atoms with van der Waals surface area (Å²) in [6, 6.07) is 6.83. The van der Waals surface area contributed by atoms with Crippen molar-refractivity contribution in [1.82, 2.24) is 4.98 Å². The minimum Gasteiger partial charge on any atom is -0.396 e. The van der Waals surface area contributed by atoms with E-state index in [0.717, 1.165) is 17.8 Å². The van der Waals surface area contributed by atoms with E-state index in [0.29, 0.717) is 0 Å². The topological polar surface area (TPSA) is 45.0 Å². The largest absolute Gasteiger partial charge is 0.396 e. The zero-order chi connectivity index (χ0) is 11.5. The van der Waals surface area contributed by atoms with Gasteiger partial charge >= 0.3 is 0 Å². The zero-order valence-electron chi connectivity index (χ0n) is 9.07. The van der Waals surface area contributed by atoms with Gasteiger partial charge in [0.2, 0.25) is 0 Å². The van der Waals surface area contributed by atoms with Gasteiger partial charge in [-0.1, -0.05) is 0 Å². The molecule has 0 aliphatic carbocycles. The number of halogens is 1. The third-order valence-corrected chi connectivity index (χ3v) is 2.51. The molecule has 0 bridgehead atoms. The predicted molar refractivity (Wildman–Crippen MR) is 63.7 cm³/mol. The molecule has 0 radical (unpaired) electrons. The van der Waals surface area contributed by atoms with Gasteiger partial charge in [-0.15, -0.1) is 0 Å². The highest BCUT2D eigenvalue weighted by molar-refractivity contribution is 5.53. The lowest BCUT2D eigenvalue weighted by molar-refractivity contribution is 0.632. The highest BCUT2D eigenvalue weighted by Gasteiger charge is 2.05. The van der Waals surface area contributed by atoms with Crippen LogP contribution in [0, 0.1) is 5.82 Å². The van der Waals surface area contributed by atoms with Crippen molar-refractivity contribution in [2.24, 2.45) is 0 Å². The molecule has 3 nitrogen and oxygen atoms in total. The summed E-state index contributed by atoms with van der Waals surface area (Å²) in [5.74, 6) is -0.376. The fraction of sp³-hybridized carbons (Fsp3) is 0.167. The van der Waals surface area contributed by atoms with Gasteiger partial charge in [-0.25, -0.2) is 4.39 Å². The molecule has 1 heterocycles. The van der Waals surface area contributed by atoms with Crippen molar-refractivity contribution in [3.8, 4) is 0 Å². The molecule has 0 unspecified atom stereocenters.